The number of primary amides is 1. The van der Waals surface area contributed by atoms with Crippen molar-refractivity contribution in [1.82, 2.24) is 4.90 Å². The van der Waals surface area contributed by atoms with Crippen molar-refractivity contribution in [2.45, 2.75) is 25.5 Å². The van der Waals surface area contributed by atoms with Crippen LogP contribution in [0.3, 0.4) is 0 Å². The lowest BCUT2D eigenvalue weighted by Gasteiger charge is -2.43. The fourth-order valence-electron chi connectivity index (χ4n) is 3.04. The van der Waals surface area contributed by atoms with Gasteiger partial charge >= 0.3 is 0 Å². The van der Waals surface area contributed by atoms with Gasteiger partial charge < -0.3 is 15.4 Å². The summed E-state index contributed by atoms with van der Waals surface area (Å²) in [7, 11) is 0. The number of ether oxygens (including phenoxy) is 1. The van der Waals surface area contributed by atoms with Gasteiger partial charge in [-0.15, -0.1) is 0 Å². The lowest BCUT2D eigenvalue weighted by molar-refractivity contribution is -0.118. The first kappa shape index (κ1) is 13.2. The van der Waals surface area contributed by atoms with E-state index in [9.17, 15) is 9.18 Å². The Morgan fingerprint density at radius 3 is 3.00 bits per heavy atom. The molecule has 3 rings (SSSR count). The fourth-order valence-corrected chi connectivity index (χ4v) is 3.04. The normalized spacial score (nSPS) is 23.9. The minimum atomic E-state index is -0.406. The Hall–Kier alpha value is -1.82. The van der Waals surface area contributed by atoms with Crippen LogP contribution in [0.5, 0.6) is 5.75 Å². The maximum absolute atomic E-state index is 13.5. The first-order valence-corrected chi connectivity index (χ1v) is 6.63. The maximum atomic E-state index is 13.5. The van der Waals surface area contributed by atoms with Gasteiger partial charge in [0.1, 0.15) is 17.2 Å². The van der Waals surface area contributed by atoms with Crippen LogP contribution in [0.1, 0.15) is 13.8 Å². The highest BCUT2D eigenvalue weighted by molar-refractivity contribution is 5.76. The Kier molecular flexibility index (Phi) is 2.86. The van der Waals surface area contributed by atoms with E-state index in [4.69, 9.17) is 10.5 Å². The smallest absolute Gasteiger partial charge is 0.231 e. The van der Waals surface area contributed by atoms with Gasteiger partial charge in [0.25, 0.3) is 0 Å². The Bertz CT molecular complexity index is 561. The maximum Gasteiger partial charge on any atom is 0.231 e. The van der Waals surface area contributed by atoms with Gasteiger partial charge in [0.15, 0.2) is 0 Å². The van der Waals surface area contributed by atoms with Gasteiger partial charge in [-0.3, -0.25) is 9.69 Å². The summed E-state index contributed by atoms with van der Waals surface area (Å²) >= 11 is 0. The van der Waals surface area contributed by atoms with E-state index in [2.05, 4.69) is 4.90 Å². The van der Waals surface area contributed by atoms with E-state index in [0.717, 1.165) is 5.69 Å². The molecule has 0 aromatic heterocycles. The molecule has 0 saturated carbocycles. The molecule has 0 aliphatic carbocycles. The topological polar surface area (TPSA) is 58.8 Å². The van der Waals surface area contributed by atoms with Crippen LogP contribution in [0, 0.1) is 5.82 Å². The summed E-state index contributed by atoms with van der Waals surface area (Å²) in [5, 5.41) is 0. The average Bonchev–Trinajstić information content (AvgIpc) is 2.74. The number of hydrogen-bond acceptors (Lipinski definition) is 4. The van der Waals surface area contributed by atoms with E-state index in [1.165, 1.54) is 12.1 Å². The Labute approximate surface area is 117 Å². The highest BCUT2D eigenvalue weighted by atomic mass is 19.1. The number of hydrogen-bond donors (Lipinski definition) is 1. The molecule has 1 fully saturated rings. The highest BCUT2D eigenvalue weighted by Gasteiger charge is 2.47. The van der Waals surface area contributed by atoms with Gasteiger partial charge in [-0.1, -0.05) is 0 Å². The summed E-state index contributed by atoms with van der Waals surface area (Å²) in [6.45, 7) is 5.44. The summed E-state index contributed by atoms with van der Waals surface area (Å²) in [5.74, 6) is 0.0239. The quantitative estimate of drug-likeness (QED) is 0.875. The number of amides is 1. The van der Waals surface area contributed by atoms with Gasteiger partial charge in [-0.05, 0) is 26.0 Å². The number of carbonyl (C=O) groups excluding carboxylic acids is 1. The van der Waals surface area contributed by atoms with Crippen molar-refractivity contribution >= 4 is 11.6 Å². The van der Waals surface area contributed by atoms with Crippen LogP contribution in [-0.4, -0.2) is 42.2 Å². The number of anilines is 1. The van der Waals surface area contributed by atoms with Gasteiger partial charge in [-0.2, -0.15) is 0 Å². The molecular weight excluding hydrogens is 261 g/mol. The van der Waals surface area contributed by atoms with Crippen molar-refractivity contribution in [3.63, 3.8) is 0 Å². The lowest BCUT2D eigenvalue weighted by Crippen LogP contribution is -2.54. The molecule has 108 valence electrons. The van der Waals surface area contributed by atoms with Crippen LogP contribution >= 0.6 is 0 Å². The molecule has 1 aromatic carbocycles. The Morgan fingerprint density at radius 1 is 1.55 bits per heavy atom. The number of halogens is 1. The molecular formula is C14H18FN3O2. The van der Waals surface area contributed by atoms with Crippen LogP contribution in [0.2, 0.25) is 0 Å². The second-order valence-corrected chi connectivity index (χ2v) is 5.92. The van der Waals surface area contributed by atoms with Gasteiger partial charge in [0, 0.05) is 12.6 Å². The molecule has 1 atom stereocenters. The molecule has 6 heteroatoms. The van der Waals surface area contributed by atoms with Crippen LogP contribution in [0.15, 0.2) is 18.2 Å². The van der Waals surface area contributed by atoms with Crippen molar-refractivity contribution in [1.29, 1.82) is 0 Å². The second-order valence-electron chi connectivity index (χ2n) is 5.92. The zero-order valence-electron chi connectivity index (χ0n) is 11.6. The van der Waals surface area contributed by atoms with Gasteiger partial charge in [-0.25, -0.2) is 4.39 Å². The number of rotatable bonds is 2. The van der Waals surface area contributed by atoms with Crippen molar-refractivity contribution < 1.29 is 13.9 Å². The molecule has 2 heterocycles. The molecule has 0 bridgehead atoms. The summed E-state index contributed by atoms with van der Waals surface area (Å²) < 4.78 is 19.5. The third kappa shape index (κ3) is 2.10. The number of benzene rings is 1. The monoisotopic (exact) mass is 279 g/mol. The number of fused-ring (bicyclic) bond motifs is 3. The Morgan fingerprint density at radius 2 is 2.30 bits per heavy atom. The summed E-state index contributed by atoms with van der Waals surface area (Å²) in [4.78, 5) is 15.1. The first-order valence-electron chi connectivity index (χ1n) is 6.63. The predicted molar refractivity (Wildman–Crippen MR) is 73.0 cm³/mol. The molecule has 0 spiro atoms. The standard InChI is InChI=1S/C14H18FN3O2/c1-14(2)12-6-17(7-13(16)19)8-18(12)10-5-9(15)3-4-11(10)20-14/h3-5,12H,6-8H2,1-2H3,(H2,16,19). The van der Waals surface area contributed by atoms with Crippen molar-refractivity contribution in [3.05, 3.63) is 24.0 Å². The van der Waals surface area contributed by atoms with E-state index >= 15 is 0 Å². The van der Waals surface area contributed by atoms with Crippen LogP contribution < -0.4 is 15.4 Å². The van der Waals surface area contributed by atoms with Crippen LogP contribution in [0.4, 0.5) is 10.1 Å². The molecule has 1 amide bonds. The zero-order valence-corrected chi connectivity index (χ0v) is 11.6. The predicted octanol–water partition coefficient (Wildman–Crippen LogP) is 0.930. The zero-order chi connectivity index (χ0) is 14.5. The molecule has 2 N–H and O–H groups in total. The van der Waals surface area contributed by atoms with Crippen LogP contribution in [0.25, 0.3) is 0 Å². The Balaban J connectivity index is 1.96. The summed E-state index contributed by atoms with van der Waals surface area (Å²) in [6, 6.07) is 4.59. The minimum Gasteiger partial charge on any atom is -0.483 e. The van der Waals surface area contributed by atoms with Crippen molar-refractivity contribution in [3.8, 4) is 5.75 Å². The van der Waals surface area contributed by atoms with E-state index in [1.807, 2.05) is 18.7 Å². The fraction of sp³-hybridized carbons (Fsp3) is 0.500. The molecule has 5 nitrogen and oxygen atoms in total. The molecule has 20 heavy (non-hydrogen) atoms. The third-order valence-electron chi connectivity index (χ3n) is 3.95. The average molecular weight is 279 g/mol. The second kappa shape index (κ2) is 4.34. The first-order chi connectivity index (χ1) is 9.37. The number of nitrogens with two attached hydrogens (primary N) is 1. The number of nitrogens with zero attached hydrogens (tertiary/aromatic N) is 2. The highest BCUT2D eigenvalue weighted by Crippen LogP contribution is 2.43. The largest absolute Gasteiger partial charge is 0.483 e. The SMILES string of the molecule is CC1(C)Oc2ccc(F)cc2N2CN(CC(N)=O)CC21. The summed E-state index contributed by atoms with van der Waals surface area (Å²) in [6.07, 6.45) is 0. The molecule has 1 saturated heterocycles. The van der Waals surface area contributed by atoms with E-state index in [-0.39, 0.29) is 24.3 Å². The minimum absolute atomic E-state index is 0.0659. The molecule has 2 aliphatic rings. The molecule has 1 unspecified atom stereocenters. The lowest BCUT2D eigenvalue weighted by atomic mass is 9.95. The van der Waals surface area contributed by atoms with E-state index < -0.39 is 5.60 Å². The van der Waals surface area contributed by atoms with Crippen LogP contribution in [-0.2, 0) is 4.79 Å². The molecule has 0 radical (unpaired) electrons. The van der Waals surface area contributed by atoms with Gasteiger partial charge in [0.05, 0.1) is 24.9 Å². The van der Waals surface area contributed by atoms with Crippen molar-refractivity contribution in [2.24, 2.45) is 5.73 Å². The van der Waals surface area contributed by atoms with Gasteiger partial charge in [0.2, 0.25) is 5.91 Å². The third-order valence-corrected chi connectivity index (χ3v) is 3.95. The molecule has 2 aliphatic heterocycles. The molecule has 1 aromatic rings. The van der Waals surface area contributed by atoms with Crippen molar-refractivity contribution in [2.75, 3.05) is 24.7 Å². The number of carbonyl (C=O) groups is 1. The van der Waals surface area contributed by atoms with E-state index in [0.29, 0.717) is 19.0 Å². The summed E-state index contributed by atoms with van der Waals surface area (Å²) in [5.41, 5.74) is 5.59. The van der Waals surface area contributed by atoms with E-state index in [1.54, 1.807) is 6.07 Å².